The molecule has 0 radical (unpaired) electrons. The summed E-state index contributed by atoms with van der Waals surface area (Å²) in [6, 6.07) is 7.96. The Morgan fingerprint density at radius 3 is 2.25 bits per heavy atom. The van der Waals surface area contributed by atoms with E-state index in [1.165, 1.54) is 5.56 Å². The largest absolute Gasteiger partial charge is 0.388 e. The molecule has 0 spiro atoms. The molecule has 2 nitrogen and oxygen atoms in total. The van der Waals surface area contributed by atoms with Crippen LogP contribution in [0, 0.1) is 0 Å². The zero-order chi connectivity index (χ0) is 12.2. The van der Waals surface area contributed by atoms with E-state index in [9.17, 15) is 9.90 Å². The number of carbonyl (C=O) groups excluding carboxylic acids is 1. The number of hydrogen-bond acceptors (Lipinski definition) is 2. The Labute approximate surface area is 97.3 Å². The summed E-state index contributed by atoms with van der Waals surface area (Å²) in [5.74, 6) is 0. The first-order valence-electron chi connectivity index (χ1n) is 5.67. The standard InChI is InChI=1S/C14H20O2/c1-14(2,3)12-8-6-11(7-9-12)13(16)5-4-10-15/h6-10,13,16H,4-5H2,1-3H3. The molecule has 0 saturated carbocycles. The van der Waals surface area contributed by atoms with Crippen molar-refractivity contribution >= 4 is 6.29 Å². The van der Waals surface area contributed by atoms with Gasteiger partial charge in [-0.2, -0.15) is 0 Å². The van der Waals surface area contributed by atoms with E-state index in [0.29, 0.717) is 12.8 Å². The van der Waals surface area contributed by atoms with E-state index in [4.69, 9.17) is 0 Å². The maximum absolute atomic E-state index is 10.2. The van der Waals surface area contributed by atoms with Gasteiger partial charge in [0.1, 0.15) is 6.29 Å². The first-order valence-corrected chi connectivity index (χ1v) is 5.67. The van der Waals surface area contributed by atoms with Gasteiger partial charge in [0.25, 0.3) is 0 Å². The number of hydrogen-bond donors (Lipinski definition) is 1. The van der Waals surface area contributed by atoms with Crippen LogP contribution in [0.3, 0.4) is 0 Å². The topological polar surface area (TPSA) is 37.3 Å². The number of benzene rings is 1. The number of aliphatic hydroxyl groups excluding tert-OH is 1. The highest BCUT2D eigenvalue weighted by Crippen LogP contribution is 2.25. The molecule has 0 heterocycles. The van der Waals surface area contributed by atoms with Crippen molar-refractivity contribution in [2.45, 2.75) is 45.1 Å². The molecule has 2 heteroatoms. The zero-order valence-corrected chi connectivity index (χ0v) is 10.2. The molecule has 88 valence electrons. The van der Waals surface area contributed by atoms with E-state index < -0.39 is 6.10 Å². The quantitative estimate of drug-likeness (QED) is 0.792. The average Bonchev–Trinajstić information content (AvgIpc) is 2.25. The van der Waals surface area contributed by atoms with E-state index in [0.717, 1.165) is 11.8 Å². The summed E-state index contributed by atoms with van der Waals surface area (Å²) in [4.78, 5) is 10.2. The van der Waals surface area contributed by atoms with Crippen LogP contribution >= 0.6 is 0 Å². The lowest BCUT2D eigenvalue weighted by Crippen LogP contribution is -2.11. The molecule has 0 fully saturated rings. The van der Waals surface area contributed by atoms with E-state index in [2.05, 4.69) is 20.8 Å². The normalized spacial score (nSPS) is 13.5. The summed E-state index contributed by atoms with van der Waals surface area (Å²) >= 11 is 0. The van der Waals surface area contributed by atoms with Crippen LogP contribution in [0.25, 0.3) is 0 Å². The van der Waals surface area contributed by atoms with E-state index in [1.807, 2.05) is 24.3 Å². The smallest absolute Gasteiger partial charge is 0.120 e. The van der Waals surface area contributed by atoms with Crippen LogP contribution in [0.2, 0.25) is 0 Å². The minimum absolute atomic E-state index is 0.131. The highest BCUT2D eigenvalue weighted by atomic mass is 16.3. The van der Waals surface area contributed by atoms with Gasteiger partial charge >= 0.3 is 0 Å². The zero-order valence-electron chi connectivity index (χ0n) is 10.2. The fourth-order valence-electron chi connectivity index (χ4n) is 1.60. The molecule has 0 aliphatic rings. The fourth-order valence-corrected chi connectivity index (χ4v) is 1.60. The minimum Gasteiger partial charge on any atom is -0.388 e. The second-order valence-electron chi connectivity index (χ2n) is 5.13. The predicted octanol–water partition coefficient (Wildman–Crippen LogP) is 3.00. The average molecular weight is 220 g/mol. The summed E-state index contributed by atoms with van der Waals surface area (Å²) in [6.45, 7) is 6.47. The van der Waals surface area contributed by atoms with Crippen molar-refractivity contribution in [1.82, 2.24) is 0 Å². The molecular weight excluding hydrogens is 200 g/mol. The summed E-state index contributed by atoms with van der Waals surface area (Å²) in [5.41, 5.74) is 2.26. The van der Waals surface area contributed by atoms with Gasteiger partial charge in [-0.3, -0.25) is 0 Å². The Hall–Kier alpha value is -1.15. The van der Waals surface area contributed by atoms with Gasteiger partial charge in [-0.1, -0.05) is 45.0 Å². The van der Waals surface area contributed by atoms with Crippen LogP contribution in [0.1, 0.15) is 50.8 Å². The van der Waals surface area contributed by atoms with Crippen molar-refractivity contribution < 1.29 is 9.90 Å². The second-order valence-corrected chi connectivity index (χ2v) is 5.13. The molecular formula is C14H20O2. The Kier molecular flexibility index (Phi) is 4.25. The molecule has 0 amide bonds. The monoisotopic (exact) mass is 220 g/mol. The Bertz CT molecular complexity index is 333. The third-order valence-corrected chi connectivity index (χ3v) is 2.72. The SMILES string of the molecule is CC(C)(C)c1ccc(C(O)CCC=O)cc1. The minimum atomic E-state index is -0.529. The lowest BCUT2D eigenvalue weighted by atomic mass is 9.86. The molecule has 1 aromatic rings. The van der Waals surface area contributed by atoms with Crippen molar-refractivity contribution in [3.8, 4) is 0 Å². The third-order valence-electron chi connectivity index (χ3n) is 2.72. The van der Waals surface area contributed by atoms with Crippen molar-refractivity contribution in [2.24, 2.45) is 0 Å². The van der Waals surface area contributed by atoms with Crippen molar-refractivity contribution in [3.05, 3.63) is 35.4 Å². The van der Waals surface area contributed by atoms with Crippen molar-refractivity contribution in [3.63, 3.8) is 0 Å². The van der Waals surface area contributed by atoms with Gasteiger partial charge < -0.3 is 9.90 Å². The predicted molar refractivity (Wildman–Crippen MR) is 65.4 cm³/mol. The number of aldehydes is 1. The lowest BCUT2D eigenvalue weighted by Gasteiger charge is -2.20. The van der Waals surface area contributed by atoms with E-state index in [1.54, 1.807) is 0 Å². The summed E-state index contributed by atoms with van der Waals surface area (Å²) in [6.07, 6.45) is 1.21. The van der Waals surface area contributed by atoms with Gasteiger partial charge in [0.2, 0.25) is 0 Å². The Morgan fingerprint density at radius 1 is 1.25 bits per heavy atom. The Balaban J connectivity index is 2.74. The van der Waals surface area contributed by atoms with Gasteiger partial charge in [-0.15, -0.1) is 0 Å². The van der Waals surface area contributed by atoms with E-state index >= 15 is 0 Å². The van der Waals surface area contributed by atoms with Gasteiger partial charge in [0.05, 0.1) is 6.10 Å². The first kappa shape index (κ1) is 12.9. The van der Waals surface area contributed by atoms with Gasteiger partial charge in [0.15, 0.2) is 0 Å². The molecule has 1 aromatic carbocycles. The third kappa shape index (κ3) is 3.46. The number of rotatable bonds is 4. The maximum atomic E-state index is 10.2. The van der Waals surface area contributed by atoms with Gasteiger partial charge in [-0.05, 0) is 23.0 Å². The Morgan fingerprint density at radius 2 is 1.81 bits per heavy atom. The molecule has 16 heavy (non-hydrogen) atoms. The van der Waals surface area contributed by atoms with Crippen LogP contribution in [-0.2, 0) is 10.2 Å². The molecule has 0 aromatic heterocycles. The van der Waals surface area contributed by atoms with Crippen molar-refractivity contribution in [1.29, 1.82) is 0 Å². The second kappa shape index (κ2) is 5.26. The van der Waals surface area contributed by atoms with Gasteiger partial charge in [-0.25, -0.2) is 0 Å². The van der Waals surface area contributed by atoms with Crippen LogP contribution < -0.4 is 0 Å². The maximum Gasteiger partial charge on any atom is 0.120 e. The molecule has 1 N–H and O–H groups in total. The summed E-state index contributed by atoms with van der Waals surface area (Å²) in [7, 11) is 0. The van der Waals surface area contributed by atoms with Crippen LogP contribution in [-0.4, -0.2) is 11.4 Å². The summed E-state index contributed by atoms with van der Waals surface area (Å²) < 4.78 is 0. The molecule has 0 saturated heterocycles. The number of aliphatic hydroxyl groups is 1. The molecule has 1 atom stereocenters. The van der Waals surface area contributed by atoms with Crippen LogP contribution in [0.15, 0.2) is 24.3 Å². The van der Waals surface area contributed by atoms with Crippen LogP contribution in [0.5, 0.6) is 0 Å². The van der Waals surface area contributed by atoms with Gasteiger partial charge in [0, 0.05) is 6.42 Å². The van der Waals surface area contributed by atoms with E-state index in [-0.39, 0.29) is 5.41 Å². The lowest BCUT2D eigenvalue weighted by molar-refractivity contribution is -0.108. The highest BCUT2D eigenvalue weighted by Gasteiger charge is 2.14. The molecule has 0 aliphatic carbocycles. The number of carbonyl (C=O) groups is 1. The highest BCUT2D eigenvalue weighted by molar-refractivity contribution is 5.49. The molecule has 0 aliphatic heterocycles. The van der Waals surface area contributed by atoms with Crippen LogP contribution in [0.4, 0.5) is 0 Å². The molecule has 1 unspecified atom stereocenters. The first-order chi connectivity index (χ1) is 7.45. The fraction of sp³-hybridized carbons (Fsp3) is 0.500. The summed E-state index contributed by atoms with van der Waals surface area (Å²) in [5, 5.41) is 9.79. The molecule has 0 bridgehead atoms. The molecule has 1 rings (SSSR count). The van der Waals surface area contributed by atoms with Crippen molar-refractivity contribution in [2.75, 3.05) is 0 Å².